The van der Waals surface area contributed by atoms with Crippen LogP contribution < -0.4 is 10.2 Å². The van der Waals surface area contributed by atoms with E-state index in [2.05, 4.69) is 27.4 Å². The molecule has 4 rings (SSSR count). The number of carbonyl (C=O) groups is 2. The fourth-order valence-electron chi connectivity index (χ4n) is 4.75. The normalized spacial score (nSPS) is 25.9. The molecule has 2 amide bonds. The first-order valence-corrected chi connectivity index (χ1v) is 10.6. The van der Waals surface area contributed by atoms with Gasteiger partial charge in [-0.05, 0) is 49.1 Å². The predicted octanol–water partition coefficient (Wildman–Crippen LogP) is 2.23. The van der Waals surface area contributed by atoms with Crippen molar-refractivity contribution in [2.45, 2.75) is 32.1 Å². The third kappa shape index (κ3) is 4.54. The van der Waals surface area contributed by atoms with Gasteiger partial charge in [-0.2, -0.15) is 0 Å². The summed E-state index contributed by atoms with van der Waals surface area (Å²) >= 11 is 0. The quantitative estimate of drug-likeness (QED) is 0.735. The van der Waals surface area contributed by atoms with Crippen molar-refractivity contribution in [3.63, 3.8) is 0 Å². The smallest absolute Gasteiger partial charge is 0.222 e. The number of anilines is 1. The molecule has 2 heterocycles. The van der Waals surface area contributed by atoms with Crippen LogP contribution in [0.15, 0.2) is 36.5 Å². The van der Waals surface area contributed by atoms with Crippen LogP contribution in [-0.2, 0) is 9.59 Å². The zero-order valence-electron chi connectivity index (χ0n) is 16.4. The van der Waals surface area contributed by atoms with Gasteiger partial charge in [-0.25, -0.2) is 4.98 Å². The highest BCUT2D eigenvalue weighted by Crippen LogP contribution is 2.42. The van der Waals surface area contributed by atoms with Gasteiger partial charge in [0.1, 0.15) is 5.82 Å². The molecule has 150 valence electrons. The van der Waals surface area contributed by atoms with E-state index >= 15 is 0 Å². The van der Waals surface area contributed by atoms with Gasteiger partial charge in [-0.15, -0.1) is 0 Å². The number of piperazine rings is 1. The molecule has 1 aliphatic heterocycles. The Balaban J connectivity index is 1.10. The Labute approximate surface area is 167 Å². The molecule has 6 heteroatoms. The molecule has 1 aromatic heterocycles. The Bertz CT molecular complexity index is 713. The number of aromatic nitrogens is 1. The lowest BCUT2D eigenvalue weighted by atomic mass is 9.93. The van der Waals surface area contributed by atoms with Gasteiger partial charge in [0.2, 0.25) is 11.8 Å². The van der Waals surface area contributed by atoms with E-state index in [-0.39, 0.29) is 11.8 Å². The van der Waals surface area contributed by atoms with Crippen LogP contribution in [0.25, 0.3) is 0 Å². The van der Waals surface area contributed by atoms with Gasteiger partial charge < -0.3 is 15.1 Å². The van der Waals surface area contributed by atoms with Crippen LogP contribution in [0.3, 0.4) is 0 Å². The average Bonchev–Trinajstić information content (AvgIpc) is 3.36. The maximum atomic E-state index is 12.4. The van der Waals surface area contributed by atoms with Crippen LogP contribution >= 0.6 is 0 Å². The highest BCUT2D eigenvalue weighted by molar-refractivity contribution is 5.79. The molecule has 0 spiro atoms. The highest BCUT2D eigenvalue weighted by atomic mass is 16.2. The van der Waals surface area contributed by atoms with Gasteiger partial charge in [0.15, 0.2) is 0 Å². The van der Waals surface area contributed by atoms with Crippen LogP contribution in [0.2, 0.25) is 0 Å². The molecule has 0 aromatic carbocycles. The van der Waals surface area contributed by atoms with Crippen molar-refractivity contribution in [1.82, 2.24) is 15.2 Å². The van der Waals surface area contributed by atoms with E-state index in [1.807, 2.05) is 23.1 Å². The van der Waals surface area contributed by atoms with E-state index in [1.165, 1.54) is 12.8 Å². The van der Waals surface area contributed by atoms with Crippen LogP contribution in [0.1, 0.15) is 32.1 Å². The molecule has 1 N–H and O–H groups in total. The minimum atomic E-state index is 0.0829. The maximum Gasteiger partial charge on any atom is 0.222 e. The molecule has 3 aliphatic rings. The number of amides is 2. The van der Waals surface area contributed by atoms with Crippen molar-refractivity contribution in [3.8, 4) is 0 Å². The molecule has 28 heavy (non-hydrogen) atoms. The minimum absolute atomic E-state index is 0.0829. The first kappa shape index (κ1) is 19.0. The summed E-state index contributed by atoms with van der Waals surface area (Å²) in [6.07, 6.45) is 10.4. The molecule has 1 saturated heterocycles. The second-order valence-electron chi connectivity index (χ2n) is 8.25. The molecule has 6 nitrogen and oxygen atoms in total. The lowest BCUT2D eigenvalue weighted by Crippen LogP contribution is -2.49. The summed E-state index contributed by atoms with van der Waals surface area (Å²) in [7, 11) is 0. The summed E-state index contributed by atoms with van der Waals surface area (Å²) in [5.74, 6) is 3.22. The highest BCUT2D eigenvalue weighted by Gasteiger charge is 2.35. The third-order valence-corrected chi connectivity index (χ3v) is 6.38. The van der Waals surface area contributed by atoms with E-state index in [0.717, 1.165) is 44.5 Å². The maximum absolute atomic E-state index is 12.4. The van der Waals surface area contributed by atoms with Crippen molar-refractivity contribution in [1.29, 1.82) is 0 Å². The first-order valence-electron chi connectivity index (χ1n) is 10.6. The summed E-state index contributed by atoms with van der Waals surface area (Å²) in [5, 5.41) is 3.08. The largest absolute Gasteiger partial charge is 0.356 e. The number of pyridine rings is 1. The average molecular weight is 383 g/mol. The van der Waals surface area contributed by atoms with Gasteiger partial charge in [0, 0.05) is 51.8 Å². The zero-order valence-corrected chi connectivity index (χ0v) is 16.4. The summed E-state index contributed by atoms with van der Waals surface area (Å²) < 4.78 is 0. The van der Waals surface area contributed by atoms with E-state index in [4.69, 9.17) is 0 Å². The molecule has 2 aliphatic carbocycles. The summed E-state index contributed by atoms with van der Waals surface area (Å²) in [6, 6.07) is 5.90. The van der Waals surface area contributed by atoms with E-state index < -0.39 is 0 Å². The molecule has 0 radical (unpaired) electrons. The Hall–Kier alpha value is -2.37. The van der Waals surface area contributed by atoms with Crippen molar-refractivity contribution < 1.29 is 9.59 Å². The number of nitrogens with zero attached hydrogens (tertiary/aromatic N) is 3. The SMILES string of the molecule is O=C(CCCC(=O)N1CCN(c2ccccn2)CC1)NC[C@H]1C[C@H]2C=C[C@H]1C2. The van der Waals surface area contributed by atoms with Crippen molar-refractivity contribution in [2.24, 2.45) is 17.8 Å². The van der Waals surface area contributed by atoms with Crippen LogP contribution in [0.5, 0.6) is 0 Å². The van der Waals surface area contributed by atoms with Gasteiger partial charge >= 0.3 is 0 Å². The number of rotatable bonds is 7. The first-order chi connectivity index (χ1) is 13.7. The third-order valence-electron chi connectivity index (χ3n) is 6.38. The zero-order chi connectivity index (χ0) is 19.3. The number of hydrogen-bond donors (Lipinski definition) is 1. The van der Waals surface area contributed by atoms with Gasteiger partial charge in [0.25, 0.3) is 0 Å². The molecule has 1 saturated carbocycles. The molecule has 1 aromatic rings. The Kier molecular flexibility index (Phi) is 5.93. The van der Waals surface area contributed by atoms with Gasteiger partial charge in [0.05, 0.1) is 0 Å². The van der Waals surface area contributed by atoms with Crippen LogP contribution in [0, 0.1) is 17.8 Å². The number of hydrogen-bond acceptors (Lipinski definition) is 4. The number of allylic oxidation sites excluding steroid dienone is 2. The molecule has 3 atom stereocenters. The van der Waals surface area contributed by atoms with Crippen LogP contribution in [-0.4, -0.2) is 54.4 Å². The monoisotopic (exact) mass is 382 g/mol. The summed E-state index contributed by atoms with van der Waals surface area (Å²) in [6.45, 7) is 3.84. The topological polar surface area (TPSA) is 65.5 Å². The fraction of sp³-hybridized carbons (Fsp3) is 0.591. The number of nitrogens with one attached hydrogen (secondary N) is 1. The Morgan fingerprint density at radius 3 is 2.61 bits per heavy atom. The molecule has 2 bridgehead atoms. The van der Waals surface area contributed by atoms with Gasteiger partial charge in [-0.3, -0.25) is 9.59 Å². The van der Waals surface area contributed by atoms with E-state index in [1.54, 1.807) is 6.20 Å². The van der Waals surface area contributed by atoms with Crippen molar-refractivity contribution in [2.75, 3.05) is 37.6 Å². The Morgan fingerprint density at radius 1 is 1.07 bits per heavy atom. The number of fused-ring (bicyclic) bond motifs is 2. The van der Waals surface area contributed by atoms with E-state index in [9.17, 15) is 9.59 Å². The molecule has 0 unspecified atom stereocenters. The van der Waals surface area contributed by atoms with Crippen molar-refractivity contribution >= 4 is 17.6 Å². The lowest BCUT2D eigenvalue weighted by Gasteiger charge is -2.35. The fourth-order valence-corrected chi connectivity index (χ4v) is 4.75. The lowest BCUT2D eigenvalue weighted by molar-refractivity contribution is -0.131. The predicted molar refractivity (Wildman–Crippen MR) is 109 cm³/mol. The second kappa shape index (κ2) is 8.76. The number of carbonyl (C=O) groups excluding carboxylic acids is 2. The van der Waals surface area contributed by atoms with Crippen LogP contribution in [0.4, 0.5) is 5.82 Å². The molecular weight excluding hydrogens is 352 g/mol. The summed E-state index contributed by atoms with van der Waals surface area (Å²) in [4.78, 5) is 33.0. The molecular formula is C22H30N4O2. The summed E-state index contributed by atoms with van der Waals surface area (Å²) in [5.41, 5.74) is 0. The standard InChI is InChI=1S/C22H30N4O2/c27-21(24-16-19-15-17-7-8-18(19)14-17)5-3-6-22(28)26-12-10-25(11-13-26)20-4-1-2-9-23-20/h1-2,4,7-9,17-19H,3,5-6,10-16H2,(H,24,27)/t17-,18-,19+/m0/s1. The van der Waals surface area contributed by atoms with Gasteiger partial charge in [-0.1, -0.05) is 18.2 Å². The van der Waals surface area contributed by atoms with E-state index in [0.29, 0.717) is 31.1 Å². The second-order valence-corrected chi connectivity index (χ2v) is 8.25. The molecule has 2 fully saturated rings. The Morgan fingerprint density at radius 2 is 1.93 bits per heavy atom. The minimum Gasteiger partial charge on any atom is -0.356 e. The van der Waals surface area contributed by atoms with Crippen molar-refractivity contribution in [3.05, 3.63) is 36.5 Å².